The highest BCUT2D eigenvalue weighted by molar-refractivity contribution is 5.92. The first-order valence-electron chi connectivity index (χ1n) is 9.15. The van der Waals surface area contributed by atoms with Crippen molar-refractivity contribution >= 4 is 11.6 Å². The highest BCUT2D eigenvalue weighted by atomic mass is 16.5. The number of carbonyl (C=O) groups excluding carboxylic acids is 1. The predicted octanol–water partition coefficient (Wildman–Crippen LogP) is 5.18. The fourth-order valence-electron chi connectivity index (χ4n) is 2.54. The average Bonchev–Trinajstić information content (AvgIpc) is 2.60. The van der Waals surface area contributed by atoms with Crippen molar-refractivity contribution < 1.29 is 14.3 Å². The minimum Gasteiger partial charge on any atom is -0.494 e. The molecule has 0 unspecified atom stereocenters. The van der Waals surface area contributed by atoms with Crippen LogP contribution in [0.3, 0.4) is 0 Å². The van der Waals surface area contributed by atoms with E-state index in [1.54, 1.807) is 0 Å². The van der Waals surface area contributed by atoms with Crippen molar-refractivity contribution in [2.75, 3.05) is 18.5 Å². The minimum atomic E-state index is -0.0381. The number of benzene rings is 2. The molecule has 0 heterocycles. The normalized spacial score (nSPS) is 11.1. The average molecular weight is 355 g/mol. The lowest BCUT2D eigenvalue weighted by atomic mass is 9.87. The highest BCUT2D eigenvalue weighted by Crippen LogP contribution is 2.25. The molecule has 1 amide bonds. The second kappa shape index (κ2) is 9.27. The lowest BCUT2D eigenvalue weighted by molar-refractivity contribution is -0.116. The summed E-state index contributed by atoms with van der Waals surface area (Å²) in [4.78, 5) is 12.1. The monoisotopic (exact) mass is 355 g/mol. The molecule has 140 valence electrons. The number of ether oxygens (including phenoxy) is 2. The maximum Gasteiger partial charge on any atom is 0.224 e. The molecular weight excluding hydrogens is 326 g/mol. The van der Waals surface area contributed by atoms with Gasteiger partial charge in [-0.3, -0.25) is 4.79 Å². The quantitative estimate of drug-likeness (QED) is 0.664. The van der Waals surface area contributed by atoms with Gasteiger partial charge in [0.1, 0.15) is 11.5 Å². The van der Waals surface area contributed by atoms with Gasteiger partial charge >= 0.3 is 0 Å². The zero-order valence-corrected chi connectivity index (χ0v) is 16.2. The molecule has 0 atom stereocenters. The molecule has 4 nitrogen and oxygen atoms in total. The van der Waals surface area contributed by atoms with Gasteiger partial charge in [-0.25, -0.2) is 0 Å². The summed E-state index contributed by atoms with van der Waals surface area (Å²) in [7, 11) is 0. The van der Waals surface area contributed by atoms with Crippen LogP contribution in [0, 0.1) is 0 Å². The van der Waals surface area contributed by atoms with Gasteiger partial charge in [0.15, 0.2) is 0 Å². The molecule has 26 heavy (non-hydrogen) atoms. The maximum atomic E-state index is 12.1. The summed E-state index contributed by atoms with van der Waals surface area (Å²) < 4.78 is 11.2. The van der Waals surface area contributed by atoms with E-state index >= 15 is 0 Å². The van der Waals surface area contributed by atoms with Crippen LogP contribution in [0.1, 0.15) is 46.1 Å². The summed E-state index contributed by atoms with van der Waals surface area (Å²) in [6, 6.07) is 15.6. The zero-order chi connectivity index (χ0) is 19.0. The molecule has 0 spiro atoms. The Bertz CT molecular complexity index is 702. The molecule has 2 aromatic carbocycles. The molecular formula is C22H29NO3. The third kappa shape index (κ3) is 6.10. The van der Waals surface area contributed by atoms with E-state index in [4.69, 9.17) is 9.47 Å². The summed E-state index contributed by atoms with van der Waals surface area (Å²) in [5, 5.41) is 2.90. The van der Waals surface area contributed by atoms with Crippen molar-refractivity contribution in [2.45, 2.75) is 46.0 Å². The van der Waals surface area contributed by atoms with Crippen LogP contribution in [0.2, 0.25) is 0 Å². The van der Waals surface area contributed by atoms with Gasteiger partial charge in [0.05, 0.1) is 18.9 Å². The molecule has 0 bridgehead atoms. The van der Waals surface area contributed by atoms with Gasteiger partial charge in [0, 0.05) is 6.42 Å². The molecule has 0 saturated heterocycles. The topological polar surface area (TPSA) is 47.6 Å². The van der Waals surface area contributed by atoms with Crippen molar-refractivity contribution in [3.05, 3.63) is 54.1 Å². The second-order valence-corrected chi connectivity index (χ2v) is 7.20. The van der Waals surface area contributed by atoms with Crippen molar-refractivity contribution in [3.63, 3.8) is 0 Å². The molecule has 0 fully saturated rings. The van der Waals surface area contributed by atoms with Crippen molar-refractivity contribution in [2.24, 2.45) is 0 Å². The molecule has 2 rings (SSSR count). The Labute approximate surface area is 156 Å². The Morgan fingerprint density at radius 3 is 2.35 bits per heavy atom. The molecule has 0 radical (unpaired) electrons. The fraction of sp³-hybridized carbons (Fsp3) is 0.409. The van der Waals surface area contributed by atoms with E-state index in [1.807, 2.05) is 43.3 Å². The van der Waals surface area contributed by atoms with Crippen molar-refractivity contribution in [1.29, 1.82) is 0 Å². The van der Waals surface area contributed by atoms with Crippen molar-refractivity contribution in [3.8, 4) is 11.5 Å². The number of para-hydroxylation sites is 2. The van der Waals surface area contributed by atoms with Crippen LogP contribution in [0.25, 0.3) is 0 Å². The number of hydrogen-bond acceptors (Lipinski definition) is 3. The van der Waals surface area contributed by atoms with Crippen LogP contribution >= 0.6 is 0 Å². The van der Waals surface area contributed by atoms with E-state index in [2.05, 4.69) is 38.2 Å². The number of amides is 1. The predicted molar refractivity (Wildman–Crippen MR) is 106 cm³/mol. The molecule has 4 heteroatoms. The summed E-state index contributed by atoms with van der Waals surface area (Å²) in [5.41, 5.74) is 2.12. The molecule has 0 aliphatic rings. The Morgan fingerprint density at radius 2 is 1.69 bits per heavy atom. The summed E-state index contributed by atoms with van der Waals surface area (Å²) in [6.07, 6.45) is 1.06. The lowest BCUT2D eigenvalue weighted by Crippen LogP contribution is -2.14. The van der Waals surface area contributed by atoms with E-state index < -0.39 is 0 Å². The summed E-state index contributed by atoms with van der Waals surface area (Å²) >= 11 is 0. The molecule has 0 aromatic heterocycles. The van der Waals surface area contributed by atoms with Gasteiger partial charge in [-0.15, -0.1) is 0 Å². The summed E-state index contributed by atoms with van der Waals surface area (Å²) in [6.45, 7) is 9.55. The smallest absolute Gasteiger partial charge is 0.224 e. The first-order valence-corrected chi connectivity index (χ1v) is 9.15. The Balaban J connectivity index is 1.75. The molecule has 0 aliphatic heterocycles. The van der Waals surface area contributed by atoms with E-state index in [0.29, 0.717) is 37.5 Å². The van der Waals surface area contributed by atoms with Gasteiger partial charge in [-0.05, 0) is 48.6 Å². The number of hydrogen-bond donors (Lipinski definition) is 1. The third-order valence-corrected chi connectivity index (χ3v) is 4.00. The minimum absolute atomic E-state index is 0.0381. The van der Waals surface area contributed by atoms with Gasteiger partial charge in [0.25, 0.3) is 0 Å². The van der Waals surface area contributed by atoms with E-state index in [0.717, 1.165) is 5.75 Å². The first-order chi connectivity index (χ1) is 12.4. The Hall–Kier alpha value is -2.49. The third-order valence-electron chi connectivity index (χ3n) is 4.00. The van der Waals surface area contributed by atoms with E-state index in [9.17, 15) is 4.79 Å². The molecule has 0 saturated carbocycles. The van der Waals surface area contributed by atoms with Crippen LogP contribution in [0.15, 0.2) is 48.5 Å². The van der Waals surface area contributed by atoms with Crippen LogP contribution in [-0.2, 0) is 10.2 Å². The van der Waals surface area contributed by atoms with Crippen molar-refractivity contribution in [1.82, 2.24) is 0 Å². The SMILES string of the molecule is CCOc1ccccc1NC(=O)CCCOc1ccc(C(C)(C)C)cc1. The number of anilines is 1. The van der Waals surface area contributed by atoms with E-state index in [1.165, 1.54) is 5.56 Å². The van der Waals surface area contributed by atoms with Gasteiger partial charge in [-0.1, -0.05) is 45.0 Å². The Morgan fingerprint density at radius 1 is 1.00 bits per heavy atom. The first kappa shape index (κ1) is 19.8. The second-order valence-electron chi connectivity index (χ2n) is 7.20. The zero-order valence-electron chi connectivity index (χ0n) is 16.2. The molecule has 1 N–H and O–H groups in total. The number of rotatable bonds is 8. The molecule has 0 aliphatic carbocycles. The maximum absolute atomic E-state index is 12.1. The van der Waals surface area contributed by atoms with Gasteiger partial charge < -0.3 is 14.8 Å². The van der Waals surface area contributed by atoms with Gasteiger partial charge in [0.2, 0.25) is 5.91 Å². The van der Waals surface area contributed by atoms with Gasteiger partial charge in [-0.2, -0.15) is 0 Å². The molecule has 2 aromatic rings. The van der Waals surface area contributed by atoms with E-state index in [-0.39, 0.29) is 11.3 Å². The van der Waals surface area contributed by atoms with Crippen LogP contribution in [0.4, 0.5) is 5.69 Å². The fourth-order valence-corrected chi connectivity index (χ4v) is 2.54. The van der Waals surface area contributed by atoms with Crippen LogP contribution < -0.4 is 14.8 Å². The van der Waals surface area contributed by atoms with Crippen LogP contribution in [-0.4, -0.2) is 19.1 Å². The highest BCUT2D eigenvalue weighted by Gasteiger charge is 2.13. The summed E-state index contributed by atoms with van der Waals surface area (Å²) in [5.74, 6) is 1.49. The standard InChI is InChI=1S/C22H29NO3/c1-5-25-20-10-7-6-9-19(20)23-21(24)11-8-16-26-18-14-12-17(13-15-18)22(2,3)4/h6-7,9-10,12-15H,5,8,11,16H2,1-4H3,(H,23,24). The van der Waals surface area contributed by atoms with Crippen LogP contribution in [0.5, 0.6) is 11.5 Å². The number of carbonyl (C=O) groups is 1. The largest absolute Gasteiger partial charge is 0.494 e. The lowest BCUT2D eigenvalue weighted by Gasteiger charge is -2.19. The Kier molecular flexibility index (Phi) is 7.07. The number of nitrogens with one attached hydrogen (secondary N) is 1.